The molecule has 2 heteroatoms. The van der Waals surface area contributed by atoms with Crippen LogP contribution < -0.4 is 0 Å². The zero-order chi connectivity index (χ0) is 17.9. The highest BCUT2D eigenvalue weighted by molar-refractivity contribution is 7.99. The maximum Gasteiger partial charge on any atom is 0.0576 e. The van der Waals surface area contributed by atoms with Crippen LogP contribution in [0.3, 0.4) is 0 Å². The number of rotatable bonds is 11. The molecule has 0 saturated carbocycles. The number of unbranched alkanes of at least 4 members (excludes halogenated alkanes) is 2. The van der Waals surface area contributed by atoms with E-state index in [4.69, 9.17) is 4.74 Å². The van der Waals surface area contributed by atoms with E-state index in [1.807, 2.05) is 0 Å². The Labute approximate surface area is 163 Å². The second-order valence-electron chi connectivity index (χ2n) is 7.36. The SMILES string of the molecule is c1ccc(CC(Cc2ccccc2)SCCCCCC2CCCO2)cc1. The van der Waals surface area contributed by atoms with E-state index in [1.165, 1.54) is 55.4 Å². The van der Waals surface area contributed by atoms with Crippen LogP contribution in [0.4, 0.5) is 0 Å². The lowest BCUT2D eigenvalue weighted by molar-refractivity contribution is 0.102. The molecular weight excluding hydrogens is 336 g/mol. The topological polar surface area (TPSA) is 9.23 Å². The molecule has 2 aromatic rings. The predicted octanol–water partition coefficient (Wildman–Crippen LogP) is 6.31. The molecule has 1 aliphatic rings. The molecule has 1 aliphatic heterocycles. The molecule has 3 rings (SSSR count). The first-order chi connectivity index (χ1) is 12.9. The van der Waals surface area contributed by atoms with E-state index in [0.29, 0.717) is 11.4 Å². The molecular formula is C24H32OS. The molecule has 0 amide bonds. The summed E-state index contributed by atoms with van der Waals surface area (Å²) >= 11 is 2.16. The van der Waals surface area contributed by atoms with Crippen molar-refractivity contribution in [3.05, 3.63) is 71.8 Å². The highest BCUT2D eigenvalue weighted by Crippen LogP contribution is 2.23. The van der Waals surface area contributed by atoms with Gasteiger partial charge in [-0.15, -0.1) is 0 Å². The third-order valence-corrected chi connectivity index (χ3v) is 6.49. The summed E-state index contributed by atoms with van der Waals surface area (Å²) in [6.45, 7) is 0.987. The molecule has 26 heavy (non-hydrogen) atoms. The Hall–Kier alpha value is -1.25. The van der Waals surface area contributed by atoms with Crippen molar-refractivity contribution in [2.45, 2.75) is 62.7 Å². The van der Waals surface area contributed by atoms with Gasteiger partial charge in [0.2, 0.25) is 0 Å². The Morgan fingerprint density at radius 3 is 2.08 bits per heavy atom. The van der Waals surface area contributed by atoms with Crippen LogP contribution in [0.15, 0.2) is 60.7 Å². The van der Waals surface area contributed by atoms with E-state index in [9.17, 15) is 0 Å². The minimum Gasteiger partial charge on any atom is -0.378 e. The summed E-state index contributed by atoms with van der Waals surface area (Å²) in [6.07, 6.45) is 10.7. The monoisotopic (exact) mass is 368 g/mol. The Kier molecular flexibility index (Phi) is 8.60. The summed E-state index contributed by atoms with van der Waals surface area (Å²) in [4.78, 5) is 0. The van der Waals surface area contributed by atoms with Gasteiger partial charge in [-0.2, -0.15) is 11.8 Å². The Balaban J connectivity index is 1.41. The van der Waals surface area contributed by atoms with Crippen LogP contribution in [-0.2, 0) is 17.6 Å². The lowest BCUT2D eigenvalue weighted by Gasteiger charge is -2.17. The van der Waals surface area contributed by atoms with Crippen molar-refractivity contribution in [1.29, 1.82) is 0 Å². The molecule has 0 aromatic heterocycles. The molecule has 140 valence electrons. The average Bonchev–Trinajstić information content (AvgIpc) is 3.19. The highest BCUT2D eigenvalue weighted by Gasteiger charge is 2.15. The van der Waals surface area contributed by atoms with E-state index in [1.54, 1.807) is 0 Å². The number of hydrogen-bond donors (Lipinski definition) is 0. The van der Waals surface area contributed by atoms with Crippen LogP contribution in [0.2, 0.25) is 0 Å². The van der Waals surface area contributed by atoms with Gasteiger partial charge in [-0.25, -0.2) is 0 Å². The molecule has 1 atom stereocenters. The first-order valence-electron chi connectivity index (χ1n) is 10.2. The van der Waals surface area contributed by atoms with Crippen molar-refractivity contribution in [2.75, 3.05) is 12.4 Å². The molecule has 1 fully saturated rings. The van der Waals surface area contributed by atoms with Crippen LogP contribution in [0, 0.1) is 0 Å². The lowest BCUT2D eigenvalue weighted by Crippen LogP contribution is -2.12. The quantitative estimate of drug-likeness (QED) is 0.430. The Bertz CT molecular complexity index is 551. The van der Waals surface area contributed by atoms with Crippen molar-refractivity contribution in [2.24, 2.45) is 0 Å². The lowest BCUT2D eigenvalue weighted by atomic mass is 10.0. The van der Waals surface area contributed by atoms with Gasteiger partial charge in [0.1, 0.15) is 0 Å². The fourth-order valence-corrected chi connectivity index (χ4v) is 5.04. The van der Waals surface area contributed by atoms with E-state index in [-0.39, 0.29) is 0 Å². The van der Waals surface area contributed by atoms with Crippen molar-refractivity contribution in [3.8, 4) is 0 Å². The van der Waals surface area contributed by atoms with Gasteiger partial charge in [0.05, 0.1) is 6.10 Å². The van der Waals surface area contributed by atoms with Gasteiger partial charge in [0.25, 0.3) is 0 Å². The molecule has 1 nitrogen and oxygen atoms in total. The summed E-state index contributed by atoms with van der Waals surface area (Å²) in [5.74, 6) is 1.27. The smallest absolute Gasteiger partial charge is 0.0576 e. The van der Waals surface area contributed by atoms with Crippen LogP contribution in [0.5, 0.6) is 0 Å². The minimum absolute atomic E-state index is 0.562. The molecule has 0 spiro atoms. The number of benzene rings is 2. The summed E-state index contributed by atoms with van der Waals surface area (Å²) in [7, 11) is 0. The van der Waals surface area contributed by atoms with Crippen molar-refractivity contribution in [3.63, 3.8) is 0 Å². The summed E-state index contributed by atoms with van der Waals surface area (Å²) in [5.41, 5.74) is 2.92. The van der Waals surface area contributed by atoms with Gasteiger partial charge in [-0.3, -0.25) is 0 Å². The van der Waals surface area contributed by atoms with E-state index in [0.717, 1.165) is 19.4 Å². The van der Waals surface area contributed by atoms with Gasteiger partial charge in [0.15, 0.2) is 0 Å². The van der Waals surface area contributed by atoms with Gasteiger partial charge >= 0.3 is 0 Å². The van der Waals surface area contributed by atoms with Gasteiger partial charge in [0, 0.05) is 11.9 Å². The predicted molar refractivity (Wildman–Crippen MR) is 114 cm³/mol. The second kappa shape index (κ2) is 11.5. The largest absolute Gasteiger partial charge is 0.378 e. The van der Waals surface area contributed by atoms with E-state index in [2.05, 4.69) is 72.4 Å². The van der Waals surface area contributed by atoms with Crippen molar-refractivity contribution >= 4 is 11.8 Å². The number of ether oxygens (including phenoxy) is 1. The van der Waals surface area contributed by atoms with Crippen molar-refractivity contribution < 1.29 is 4.74 Å². The fraction of sp³-hybridized carbons (Fsp3) is 0.500. The van der Waals surface area contributed by atoms with E-state index < -0.39 is 0 Å². The second-order valence-corrected chi connectivity index (χ2v) is 8.76. The summed E-state index contributed by atoms with van der Waals surface area (Å²) < 4.78 is 5.73. The third kappa shape index (κ3) is 7.17. The van der Waals surface area contributed by atoms with Crippen molar-refractivity contribution in [1.82, 2.24) is 0 Å². The third-order valence-electron chi connectivity index (χ3n) is 5.16. The standard InChI is InChI=1S/C24H32OS/c1-4-11-21(12-5-1)19-24(20-22-13-6-2-7-14-22)26-18-9-3-8-15-23-16-10-17-25-23/h1-2,4-7,11-14,23-24H,3,8-10,15-20H2. The van der Waals surface area contributed by atoms with Crippen LogP contribution in [0.25, 0.3) is 0 Å². The molecule has 0 aliphatic carbocycles. The number of thioether (sulfide) groups is 1. The van der Waals surface area contributed by atoms with Crippen LogP contribution in [-0.4, -0.2) is 23.7 Å². The van der Waals surface area contributed by atoms with Gasteiger partial charge < -0.3 is 4.74 Å². The molecule has 1 saturated heterocycles. The molecule has 0 bridgehead atoms. The average molecular weight is 369 g/mol. The van der Waals surface area contributed by atoms with E-state index >= 15 is 0 Å². The zero-order valence-corrected chi connectivity index (χ0v) is 16.6. The highest BCUT2D eigenvalue weighted by atomic mass is 32.2. The summed E-state index contributed by atoms with van der Waals surface area (Å²) in [6, 6.07) is 21.9. The van der Waals surface area contributed by atoms with Crippen LogP contribution >= 0.6 is 11.8 Å². The molecule has 0 N–H and O–H groups in total. The summed E-state index contributed by atoms with van der Waals surface area (Å²) in [5, 5.41) is 0.665. The molecule has 1 unspecified atom stereocenters. The minimum atomic E-state index is 0.562. The molecule has 1 heterocycles. The van der Waals surface area contributed by atoms with Gasteiger partial charge in [-0.05, 0) is 55.4 Å². The maximum atomic E-state index is 5.73. The fourth-order valence-electron chi connectivity index (χ4n) is 3.72. The Morgan fingerprint density at radius 1 is 0.846 bits per heavy atom. The molecule has 2 aromatic carbocycles. The molecule has 0 radical (unpaired) electrons. The van der Waals surface area contributed by atoms with Gasteiger partial charge in [-0.1, -0.05) is 73.5 Å². The Morgan fingerprint density at radius 2 is 1.50 bits per heavy atom. The number of hydrogen-bond acceptors (Lipinski definition) is 2. The maximum absolute atomic E-state index is 5.73. The zero-order valence-electron chi connectivity index (χ0n) is 15.8. The normalized spacial score (nSPS) is 17.0. The first-order valence-corrected chi connectivity index (χ1v) is 11.3. The van der Waals surface area contributed by atoms with Crippen LogP contribution in [0.1, 0.15) is 49.7 Å². The first kappa shape index (κ1) is 19.5.